The number of hydrogen-bond acceptors (Lipinski definition) is 8. The number of methoxy groups -OCH3 is 1. The van der Waals surface area contributed by atoms with E-state index in [1.807, 2.05) is 48.5 Å². The van der Waals surface area contributed by atoms with Crippen LogP contribution in [-0.4, -0.2) is 30.2 Å². The molecular weight excluding hydrogens is 528 g/mol. The fourth-order valence-corrected chi connectivity index (χ4v) is 5.53. The van der Waals surface area contributed by atoms with Crippen LogP contribution in [0.1, 0.15) is 36.6 Å². The Morgan fingerprint density at radius 2 is 1.75 bits per heavy atom. The molecule has 0 saturated heterocycles. The maximum absolute atomic E-state index is 14.0. The predicted molar refractivity (Wildman–Crippen MR) is 152 cm³/mol. The Bertz CT molecular complexity index is 1790. The first-order chi connectivity index (χ1) is 19.4. The lowest BCUT2D eigenvalue weighted by atomic mass is 9.93. The van der Waals surface area contributed by atoms with Gasteiger partial charge in [-0.05, 0) is 48.4 Å². The van der Waals surface area contributed by atoms with Gasteiger partial charge < -0.3 is 14.2 Å². The molecule has 40 heavy (non-hydrogen) atoms. The number of hydrogen-bond donors (Lipinski definition) is 0. The number of rotatable bonds is 7. The van der Waals surface area contributed by atoms with Gasteiger partial charge in [-0.25, -0.2) is 9.79 Å². The van der Waals surface area contributed by atoms with Gasteiger partial charge in [0.2, 0.25) is 0 Å². The summed E-state index contributed by atoms with van der Waals surface area (Å²) in [5.41, 5.74) is 2.53. The third-order valence-corrected chi connectivity index (χ3v) is 7.21. The van der Waals surface area contributed by atoms with E-state index in [0.29, 0.717) is 37.7 Å². The zero-order chi connectivity index (χ0) is 28.2. The van der Waals surface area contributed by atoms with E-state index in [0.717, 1.165) is 5.56 Å². The van der Waals surface area contributed by atoms with Crippen LogP contribution < -0.4 is 24.4 Å². The molecule has 0 aliphatic carbocycles. The molecule has 9 heteroatoms. The minimum atomic E-state index is -0.786. The average molecular weight is 555 g/mol. The smallest absolute Gasteiger partial charge is 0.338 e. The minimum absolute atomic E-state index is 0.169. The van der Waals surface area contributed by atoms with Gasteiger partial charge in [-0.3, -0.25) is 14.2 Å². The highest BCUT2D eigenvalue weighted by atomic mass is 32.1. The highest BCUT2D eigenvalue weighted by Crippen LogP contribution is 2.35. The van der Waals surface area contributed by atoms with E-state index < -0.39 is 18.0 Å². The second-order valence-corrected chi connectivity index (χ2v) is 9.88. The first-order valence-corrected chi connectivity index (χ1v) is 13.4. The maximum Gasteiger partial charge on any atom is 0.338 e. The van der Waals surface area contributed by atoms with E-state index in [1.54, 1.807) is 50.4 Å². The zero-order valence-electron chi connectivity index (χ0n) is 22.1. The van der Waals surface area contributed by atoms with Crippen LogP contribution in [0.25, 0.3) is 11.8 Å². The number of nitrogens with zero attached hydrogens (tertiary/aromatic N) is 2. The number of carbonyl (C=O) groups is 2. The first kappa shape index (κ1) is 26.8. The molecule has 1 aliphatic rings. The van der Waals surface area contributed by atoms with E-state index in [4.69, 9.17) is 19.2 Å². The summed E-state index contributed by atoms with van der Waals surface area (Å²) in [6, 6.07) is 22.7. The van der Waals surface area contributed by atoms with Crippen LogP contribution in [0.4, 0.5) is 0 Å². The normalized spacial score (nSPS) is 14.8. The van der Waals surface area contributed by atoms with Crippen molar-refractivity contribution in [1.29, 1.82) is 0 Å². The number of ether oxygens (including phenoxy) is 3. The van der Waals surface area contributed by atoms with Crippen LogP contribution >= 0.6 is 11.3 Å². The SMILES string of the molecule is CCOC(=O)C1=C(c2ccccc2)N=c2s/c(=C\c3cccc(OC(C)=O)c3)c(=O)n2[C@@H]1c1ccc(OC)cc1. The molecule has 0 fully saturated rings. The van der Waals surface area contributed by atoms with Gasteiger partial charge in [-0.2, -0.15) is 0 Å². The largest absolute Gasteiger partial charge is 0.497 e. The molecule has 3 aromatic carbocycles. The van der Waals surface area contributed by atoms with Crippen molar-refractivity contribution in [3.8, 4) is 11.5 Å². The molecule has 0 radical (unpaired) electrons. The summed E-state index contributed by atoms with van der Waals surface area (Å²) in [5.74, 6) is 0.0418. The second kappa shape index (κ2) is 11.5. The lowest BCUT2D eigenvalue weighted by Gasteiger charge is -2.26. The second-order valence-electron chi connectivity index (χ2n) is 8.87. The zero-order valence-corrected chi connectivity index (χ0v) is 22.9. The van der Waals surface area contributed by atoms with E-state index in [-0.39, 0.29) is 17.7 Å². The highest BCUT2D eigenvalue weighted by molar-refractivity contribution is 7.07. The van der Waals surface area contributed by atoms with Crippen molar-refractivity contribution in [3.05, 3.63) is 121 Å². The van der Waals surface area contributed by atoms with Gasteiger partial charge in [0.05, 0.1) is 35.6 Å². The number of aromatic nitrogens is 1. The summed E-state index contributed by atoms with van der Waals surface area (Å²) in [7, 11) is 1.58. The third-order valence-electron chi connectivity index (χ3n) is 6.22. The molecule has 0 saturated carbocycles. The number of benzene rings is 3. The Morgan fingerprint density at radius 3 is 2.42 bits per heavy atom. The molecule has 5 rings (SSSR count). The van der Waals surface area contributed by atoms with Gasteiger partial charge in [0.25, 0.3) is 5.56 Å². The van der Waals surface area contributed by atoms with Gasteiger partial charge in [0, 0.05) is 12.5 Å². The molecule has 0 N–H and O–H groups in total. The van der Waals surface area contributed by atoms with Crippen molar-refractivity contribution in [2.45, 2.75) is 19.9 Å². The fourth-order valence-electron chi connectivity index (χ4n) is 4.53. The van der Waals surface area contributed by atoms with Gasteiger partial charge >= 0.3 is 11.9 Å². The number of esters is 2. The lowest BCUT2D eigenvalue weighted by molar-refractivity contribution is -0.139. The van der Waals surface area contributed by atoms with Gasteiger partial charge in [-0.15, -0.1) is 0 Å². The number of fused-ring (bicyclic) bond motifs is 1. The third kappa shape index (κ3) is 5.37. The summed E-state index contributed by atoms with van der Waals surface area (Å²) in [4.78, 5) is 44.2. The number of thiazole rings is 1. The monoisotopic (exact) mass is 554 g/mol. The van der Waals surface area contributed by atoms with Gasteiger partial charge in [-0.1, -0.05) is 65.9 Å². The number of carbonyl (C=O) groups excluding carboxylic acids is 2. The summed E-state index contributed by atoms with van der Waals surface area (Å²) >= 11 is 1.22. The Hall–Kier alpha value is -4.76. The lowest BCUT2D eigenvalue weighted by Crippen LogP contribution is -2.40. The minimum Gasteiger partial charge on any atom is -0.497 e. The standard InChI is InChI=1S/C31H26N2O6S/c1-4-38-30(36)26-27(21-10-6-5-7-11-21)32-31-33(28(26)22-13-15-23(37-3)16-14-22)29(35)25(40-31)18-20-9-8-12-24(17-20)39-19(2)34/h5-18,28H,4H2,1-3H3/b25-18-/t28-/m1/s1. The van der Waals surface area contributed by atoms with Crippen LogP contribution in [0.3, 0.4) is 0 Å². The van der Waals surface area contributed by atoms with Crippen molar-refractivity contribution < 1.29 is 23.8 Å². The average Bonchev–Trinajstić information content (AvgIpc) is 3.27. The Kier molecular flexibility index (Phi) is 7.75. The molecule has 0 spiro atoms. The van der Waals surface area contributed by atoms with Gasteiger partial charge in [0.1, 0.15) is 11.5 Å². The van der Waals surface area contributed by atoms with Crippen molar-refractivity contribution in [3.63, 3.8) is 0 Å². The molecule has 8 nitrogen and oxygen atoms in total. The molecular formula is C31H26N2O6S. The van der Waals surface area contributed by atoms with E-state index in [1.165, 1.54) is 22.8 Å². The Morgan fingerprint density at radius 1 is 1.00 bits per heavy atom. The molecule has 0 amide bonds. The molecule has 4 aromatic rings. The molecule has 1 aliphatic heterocycles. The summed E-state index contributed by atoms with van der Waals surface area (Å²) in [6.07, 6.45) is 1.72. The van der Waals surface area contributed by atoms with E-state index >= 15 is 0 Å². The summed E-state index contributed by atoms with van der Waals surface area (Å²) in [5, 5.41) is 0. The first-order valence-electron chi connectivity index (χ1n) is 12.6. The van der Waals surface area contributed by atoms with Crippen LogP contribution in [-0.2, 0) is 14.3 Å². The van der Waals surface area contributed by atoms with Crippen molar-refractivity contribution in [2.75, 3.05) is 13.7 Å². The fraction of sp³-hybridized carbons (Fsp3) is 0.161. The van der Waals surface area contributed by atoms with Crippen LogP contribution in [0.5, 0.6) is 11.5 Å². The van der Waals surface area contributed by atoms with Gasteiger partial charge in [0.15, 0.2) is 4.80 Å². The molecule has 1 aromatic heterocycles. The van der Waals surface area contributed by atoms with Crippen molar-refractivity contribution in [2.24, 2.45) is 4.99 Å². The topological polar surface area (TPSA) is 96.2 Å². The van der Waals surface area contributed by atoms with E-state index in [9.17, 15) is 14.4 Å². The van der Waals surface area contributed by atoms with Crippen LogP contribution in [0, 0.1) is 0 Å². The van der Waals surface area contributed by atoms with E-state index in [2.05, 4.69) is 0 Å². The highest BCUT2D eigenvalue weighted by Gasteiger charge is 2.35. The Balaban J connectivity index is 1.77. The quantitative estimate of drug-likeness (QED) is 0.254. The summed E-state index contributed by atoms with van der Waals surface area (Å²) < 4.78 is 18.0. The molecule has 0 unspecified atom stereocenters. The van der Waals surface area contributed by atoms with Crippen molar-refractivity contribution in [1.82, 2.24) is 4.57 Å². The molecule has 202 valence electrons. The van der Waals surface area contributed by atoms with Crippen molar-refractivity contribution >= 4 is 35.0 Å². The van der Waals surface area contributed by atoms with Crippen LogP contribution in [0.2, 0.25) is 0 Å². The maximum atomic E-state index is 14.0. The van der Waals surface area contributed by atoms with Crippen LogP contribution in [0.15, 0.2) is 94.2 Å². The predicted octanol–water partition coefficient (Wildman–Crippen LogP) is 3.87. The molecule has 2 heterocycles. The molecule has 0 bridgehead atoms. The summed E-state index contributed by atoms with van der Waals surface area (Å²) in [6.45, 7) is 3.24. The molecule has 1 atom stereocenters. The Labute approximate surface area is 234 Å².